The third-order valence-corrected chi connectivity index (χ3v) is 4.83. The molecule has 0 saturated carbocycles. The Labute approximate surface area is 169 Å². The van der Waals surface area contributed by atoms with E-state index in [0.717, 1.165) is 16.9 Å². The van der Waals surface area contributed by atoms with Crippen molar-refractivity contribution in [3.8, 4) is 0 Å². The number of rotatable bonds is 4. The number of halogens is 1. The number of hydrogen-bond donors (Lipinski definition) is 3. The number of carbonyl (C=O) groups excluding carboxylic acids is 1. The van der Waals surface area contributed by atoms with Crippen LogP contribution in [-0.2, 0) is 4.79 Å². The van der Waals surface area contributed by atoms with Crippen molar-refractivity contribution in [3.63, 3.8) is 0 Å². The van der Waals surface area contributed by atoms with Gasteiger partial charge in [0.15, 0.2) is 5.11 Å². The molecular formula is C20H21ClN4OS. The van der Waals surface area contributed by atoms with Crippen molar-refractivity contribution in [2.75, 3.05) is 24.3 Å². The molecule has 0 radical (unpaired) electrons. The first-order chi connectivity index (χ1) is 12.8. The number of amides is 1. The molecule has 0 unspecified atom stereocenters. The van der Waals surface area contributed by atoms with Gasteiger partial charge in [-0.2, -0.15) is 0 Å². The van der Waals surface area contributed by atoms with Gasteiger partial charge >= 0.3 is 0 Å². The number of nitrogens with one attached hydrogen (secondary N) is 3. The van der Waals surface area contributed by atoms with Crippen LogP contribution in [0.5, 0.6) is 0 Å². The molecule has 2 aromatic carbocycles. The first-order valence-corrected chi connectivity index (χ1v) is 9.26. The Hall–Kier alpha value is -2.57. The number of nitrogens with zero attached hydrogens (tertiary/aromatic N) is 1. The lowest BCUT2D eigenvalue weighted by Crippen LogP contribution is -2.45. The summed E-state index contributed by atoms with van der Waals surface area (Å²) in [4.78, 5) is 15.0. The molecule has 0 saturated heterocycles. The molecule has 1 atom stereocenters. The topological polar surface area (TPSA) is 56.4 Å². The highest BCUT2D eigenvalue weighted by molar-refractivity contribution is 7.80. The molecule has 3 N–H and O–H groups in total. The van der Waals surface area contributed by atoms with Crippen LogP contribution in [0, 0.1) is 0 Å². The van der Waals surface area contributed by atoms with E-state index in [1.165, 1.54) is 0 Å². The molecule has 1 heterocycles. The Morgan fingerprint density at radius 3 is 2.33 bits per heavy atom. The molecule has 7 heteroatoms. The zero-order chi connectivity index (χ0) is 19.6. The minimum atomic E-state index is -0.331. The average molecular weight is 401 g/mol. The summed E-state index contributed by atoms with van der Waals surface area (Å²) in [6.07, 6.45) is 0. The minimum absolute atomic E-state index is 0.195. The van der Waals surface area contributed by atoms with Gasteiger partial charge in [0, 0.05) is 36.2 Å². The minimum Gasteiger partial charge on any atom is -0.378 e. The first-order valence-electron chi connectivity index (χ1n) is 8.47. The Bertz CT molecular complexity index is 891. The zero-order valence-corrected chi connectivity index (χ0v) is 16.9. The number of benzene rings is 2. The third kappa shape index (κ3) is 4.40. The van der Waals surface area contributed by atoms with Crippen LogP contribution >= 0.6 is 23.8 Å². The van der Waals surface area contributed by atoms with Crippen LogP contribution in [0.1, 0.15) is 18.5 Å². The molecule has 140 valence electrons. The maximum Gasteiger partial charge on any atom is 0.255 e. The van der Waals surface area contributed by atoms with Crippen molar-refractivity contribution < 1.29 is 4.79 Å². The van der Waals surface area contributed by atoms with Crippen molar-refractivity contribution in [2.45, 2.75) is 13.0 Å². The standard InChI is InChI=1S/C20H21ClN4OS/c1-12-17(19(26)23-15-8-6-14(21)7-9-15)18(24-20(27)22-12)13-4-10-16(11-5-13)25(2)3/h4-11,18H,1-3H3,(H,23,26)(H2,22,24,27)/t18-/m1/s1. The van der Waals surface area contributed by atoms with E-state index in [0.29, 0.717) is 21.4 Å². The van der Waals surface area contributed by atoms with Gasteiger partial charge in [0.25, 0.3) is 5.91 Å². The van der Waals surface area contributed by atoms with E-state index < -0.39 is 0 Å². The molecule has 5 nitrogen and oxygen atoms in total. The van der Waals surface area contributed by atoms with Gasteiger partial charge in [0.05, 0.1) is 11.6 Å². The molecule has 0 aromatic heterocycles. The second-order valence-corrected chi connectivity index (χ2v) is 7.36. The normalized spacial score (nSPS) is 16.4. The molecule has 1 aliphatic heterocycles. The molecular weight excluding hydrogens is 380 g/mol. The summed E-state index contributed by atoms with van der Waals surface area (Å²) in [6, 6.07) is 14.7. The van der Waals surface area contributed by atoms with Crippen LogP contribution in [0.4, 0.5) is 11.4 Å². The second-order valence-electron chi connectivity index (χ2n) is 6.52. The van der Waals surface area contributed by atoms with Crippen LogP contribution < -0.4 is 20.9 Å². The fourth-order valence-electron chi connectivity index (χ4n) is 2.94. The predicted octanol–water partition coefficient (Wildman–Crippen LogP) is 3.84. The summed E-state index contributed by atoms with van der Waals surface area (Å²) in [7, 11) is 3.98. The Morgan fingerprint density at radius 2 is 1.74 bits per heavy atom. The SMILES string of the molecule is CC1=C(C(=O)Nc2ccc(Cl)cc2)[C@@H](c2ccc(N(C)C)cc2)NC(=S)N1. The lowest BCUT2D eigenvalue weighted by atomic mass is 9.94. The number of hydrogen-bond acceptors (Lipinski definition) is 3. The van der Waals surface area contributed by atoms with Gasteiger partial charge in [0.2, 0.25) is 0 Å². The lowest BCUT2D eigenvalue weighted by molar-refractivity contribution is -0.113. The van der Waals surface area contributed by atoms with E-state index >= 15 is 0 Å². The van der Waals surface area contributed by atoms with E-state index in [9.17, 15) is 4.79 Å². The molecule has 1 amide bonds. The van der Waals surface area contributed by atoms with Gasteiger partial charge in [-0.15, -0.1) is 0 Å². The van der Waals surface area contributed by atoms with Gasteiger partial charge in [-0.1, -0.05) is 23.7 Å². The molecule has 0 bridgehead atoms. The van der Waals surface area contributed by atoms with Gasteiger partial charge in [0.1, 0.15) is 0 Å². The van der Waals surface area contributed by atoms with E-state index in [2.05, 4.69) is 16.0 Å². The van der Waals surface area contributed by atoms with Crippen LogP contribution in [0.15, 0.2) is 59.8 Å². The number of thiocarbonyl (C=S) groups is 1. The van der Waals surface area contributed by atoms with Crippen molar-refractivity contribution in [2.24, 2.45) is 0 Å². The van der Waals surface area contributed by atoms with Gasteiger partial charge < -0.3 is 20.9 Å². The summed E-state index contributed by atoms with van der Waals surface area (Å²) in [5, 5.41) is 10.3. The maximum absolute atomic E-state index is 13.0. The van der Waals surface area contributed by atoms with Crippen molar-refractivity contribution in [1.82, 2.24) is 10.6 Å². The first kappa shape index (κ1) is 19.2. The highest BCUT2D eigenvalue weighted by Crippen LogP contribution is 2.29. The molecule has 2 aromatic rings. The zero-order valence-electron chi connectivity index (χ0n) is 15.3. The fraction of sp³-hybridized carbons (Fsp3) is 0.200. The van der Waals surface area contributed by atoms with Crippen LogP contribution in [0.3, 0.4) is 0 Å². The van der Waals surface area contributed by atoms with E-state index in [1.54, 1.807) is 24.3 Å². The number of allylic oxidation sites excluding steroid dienone is 1. The predicted molar refractivity (Wildman–Crippen MR) is 115 cm³/mol. The Kier molecular flexibility index (Phi) is 5.68. The summed E-state index contributed by atoms with van der Waals surface area (Å²) in [6.45, 7) is 1.85. The van der Waals surface area contributed by atoms with E-state index in [1.807, 2.05) is 50.2 Å². The quantitative estimate of drug-likeness (QED) is 0.681. The monoisotopic (exact) mass is 400 g/mol. The number of carbonyl (C=O) groups is 1. The largest absolute Gasteiger partial charge is 0.378 e. The van der Waals surface area contributed by atoms with E-state index in [4.69, 9.17) is 23.8 Å². The Morgan fingerprint density at radius 1 is 1.11 bits per heavy atom. The second kappa shape index (κ2) is 7.98. The van der Waals surface area contributed by atoms with Gasteiger partial charge in [-0.05, 0) is 61.1 Å². The smallest absolute Gasteiger partial charge is 0.255 e. The highest BCUT2D eigenvalue weighted by Gasteiger charge is 2.29. The third-order valence-electron chi connectivity index (χ3n) is 4.36. The summed E-state index contributed by atoms with van der Waals surface area (Å²) < 4.78 is 0. The molecule has 27 heavy (non-hydrogen) atoms. The number of anilines is 2. The molecule has 0 aliphatic carbocycles. The van der Waals surface area contributed by atoms with Crippen molar-refractivity contribution in [1.29, 1.82) is 0 Å². The maximum atomic E-state index is 13.0. The molecule has 3 rings (SSSR count). The summed E-state index contributed by atoms with van der Waals surface area (Å²) in [5.41, 5.74) is 4.05. The van der Waals surface area contributed by atoms with Crippen LogP contribution in [-0.4, -0.2) is 25.1 Å². The van der Waals surface area contributed by atoms with E-state index in [-0.39, 0.29) is 11.9 Å². The van der Waals surface area contributed by atoms with Crippen LogP contribution in [0.25, 0.3) is 0 Å². The average Bonchev–Trinajstić information content (AvgIpc) is 2.63. The van der Waals surface area contributed by atoms with Crippen molar-refractivity contribution >= 4 is 46.2 Å². The molecule has 0 fully saturated rings. The molecule has 1 aliphatic rings. The Balaban J connectivity index is 1.91. The molecule has 0 spiro atoms. The fourth-order valence-corrected chi connectivity index (χ4v) is 3.34. The van der Waals surface area contributed by atoms with Crippen molar-refractivity contribution in [3.05, 3.63) is 70.4 Å². The van der Waals surface area contributed by atoms with Gasteiger partial charge in [-0.3, -0.25) is 4.79 Å². The highest BCUT2D eigenvalue weighted by atomic mass is 35.5. The van der Waals surface area contributed by atoms with Crippen LogP contribution in [0.2, 0.25) is 5.02 Å². The summed E-state index contributed by atoms with van der Waals surface area (Å²) >= 11 is 11.2. The summed E-state index contributed by atoms with van der Waals surface area (Å²) in [5.74, 6) is -0.195. The lowest BCUT2D eigenvalue weighted by Gasteiger charge is -2.30. The van der Waals surface area contributed by atoms with Gasteiger partial charge in [-0.25, -0.2) is 0 Å².